The monoisotopic (exact) mass is 524 g/mol. The normalized spacial score (nSPS) is 13.8. The van der Waals surface area contributed by atoms with E-state index in [-0.39, 0.29) is 42.1 Å². The number of carbonyl (C=O) groups is 2. The van der Waals surface area contributed by atoms with Crippen molar-refractivity contribution in [2.45, 2.75) is 56.3 Å². The van der Waals surface area contributed by atoms with E-state index in [9.17, 15) is 14.4 Å². The van der Waals surface area contributed by atoms with Crippen LogP contribution in [-0.4, -0.2) is 47.4 Å². The predicted octanol–water partition coefficient (Wildman–Crippen LogP) is 3.98. The average molecular weight is 525 g/mol. The van der Waals surface area contributed by atoms with Crippen LogP contribution in [0.25, 0.3) is 10.9 Å². The number of methoxy groups -OCH3 is 2. The van der Waals surface area contributed by atoms with Gasteiger partial charge in [0, 0.05) is 25.1 Å². The summed E-state index contributed by atoms with van der Waals surface area (Å²) in [5.74, 6) is 0.731. The standard InChI is InChI=1S/C27H32N4O5S/c1-35-19-12-13-23(36-2)22(16-19)29-25(33)17-37-27-30-21-11-7-6-10-20(21)26(34)31(27)15-14-24(32)28-18-8-4-3-5-9-18/h6-7,10-13,16,18H,3-5,8-9,14-15,17H2,1-2H3,(H,28,32)(H,29,33). The Morgan fingerprint density at radius 3 is 2.59 bits per heavy atom. The number of benzene rings is 2. The lowest BCUT2D eigenvalue weighted by Crippen LogP contribution is -2.37. The number of fused-ring (bicyclic) bond motifs is 1. The topological polar surface area (TPSA) is 112 Å². The van der Waals surface area contributed by atoms with E-state index in [1.54, 1.807) is 43.5 Å². The van der Waals surface area contributed by atoms with Gasteiger partial charge in [-0.2, -0.15) is 0 Å². The van der Waals surface area contributed by atoms with Gasteiger partial charge in [-0.05, 0) is 37.1 Å². The summed E-state index contributed by atoms with van der Waals surface area (Å²) in [6, 6.07) is 12.4. The van der Waals surface area contributed by atoms with Crippen LogP contribution in [0.15, 0.2) is 52.4 Å². The highest BCUT2D eigenvalue weighted by molar-refractivity contribution is 7.99. The number of para-hydroxylation sites is 1. The maximum Gasteiger partial charge on any atom is 0.262 e. The van der Waals surface area contributed by atoms with Crippen molar-refractivity contribution >= 4 is 40.2 Å². The van der Waals surface area contributed by atoms with Gasteiger partial charge in [-0.1, -0.05) is 43.2 Å². The number of nitrogens with one attached hydrogen (secondary N) is 2. The van der Waals surface area contributed by atoms with Gasteiger partial charge in [0.1, 0.15) is 11.5 Å². The predicted molar refractivity (Wildman–Crippen MR) is 145 cm³/mol. The van der Waals surface area contributed by atoms with Crippen LogP contribution < -0.4 is 25.7 Å². The van der Waals surface area contributed by atoms with Crippen LogP contribution >= 0.6 is 11.8 Å². The van der Waals surface area contributed by atoms with Crippen LogP contribution in [0.5, 0.6) is 11.5 Å². The van der Waals surface area contributed by atoms with Crippen molar-refractivity contribution < 1.29 is 19.1 Å². The van der Waals surface area contributed by atoms with Crippen LogP contribution in [0, 0.1) is 0 Å². The van der Waals surface area contributed by atoms with Gasteiger partial charge in [-0.3, -0.25) is 19.0 Å². The lowest BCUT2D eigenvalue weighted by molar-refractivity contribution is -0.122. The Labute approximate surface area is 219 Å². The SMILES string of the molecule is COc1ccc(OC)c(NC(=O)CSc2nc3ccccc3c(=O)n2CCC(=O)NC2CCCCC2)c1. The lowest BCUT2D eigenvalue weighted by Gasteiger charge is -2.23. The summed E-state index contributed by atoms with van der Waals surface area (Å²) in [4.78, 5) is 43.3. The zero-order valence-corrected chi connectivity index (χ0v) is 21.9. The van der Waals surface area contributed by atoms with E-state index in [0.29, 0.717) is 33.2 Å². The Balaban J connectivity index is 1.48. The summed E-state index contributed by atoms with van der Waals surface area (Å²) in [5, 5.41) is 6.79. The van der Waals surface area contributed by atoms with Gasteiger partial charge in [-0.15, -0.1) is 0 Å². The molecule has 196 valence electrons. The maximum absolute atomic E-state index is 13.3. The fourth-order valence-corrected chi connectivity index (χ4v) is 5.27. The second kappa shape index (κ2) is 12.6. The van der Waals surface area contributed by atoms with Crippen LogP contribution in [-0.2, 0) is 16.1 Å². The number of amides is 2. The highest BCUT2D eigenvalue weighted by Crippen LogP contribution is 2.29. The molecular weight excluding hydrogens is 492 g/mol. The van der Waals surface area contributed by atoms with Crippen molar-refractivity contribution in [1.29, 1.82) is 0 Å². The molecule has 1 aromatic heterocycles. The number of anilines is 1. The van der Waals surface area contributed by atoms with Crippen molar-refractivity contribution in [1.82, 2.24) is 14.9 Å². The van der Waals surface area contributed by atoms with E-state index in [4.69, 9.17) is 9.47 Å². The van der Waals surface area contributed by atoms with Crippen LogP contribution in [0.2, 0.25) is 0 Å². The smallest absolute Gasteiger partial charge is 0.262 e. The van der Waals surface area contributed by atoms with E-state index in [1.165, 1.54) is 18.1 Å². The van der Waals surface area contributed by atoms with Crippen molar-refractivity contribution in [2.75, 3.05) is 25.3 Å². The Bertz CT molecular complexity index is 1320. The minimum absolute atomic E-state index is 0.0133. The number of rotatable bonds is 10. The van der Waals surface area contributed by atoms with Crippen molar-refractivity contribution in [3.8, 4) is 11.5 Å². The molecule has 1 fully saturated rings. The van der Waals surface area contributed by atoms with Crippen LogP contribution in [0.3, 0.4) is 0 Å². The first-order valence-corrected chi connectivity index (χ1v) is 13.4. The highest BCUT2D eigenvalue weighted by Gasteiger charge is 2.18. The minimum atomic E-state index is -0.291. The number of carbonyl (C=O) groups excluding carboxylic acids is 2. The van der Waals surface area contributed by atoms with Crippen molar-refractivity contribution in [3.05, 3.63) is 52.8 Å². The van der Waals surface area contributed by atoms with Gasteiger partial charge in [0.15, 0.2) is 5.16 Å². The van der Waals surface area contributed by atoms with E-state index in [2.05, 4.69) is 15.6 Å². The molecule has 0 bridgehead atoms. The number of hydrogen-bond acceptors (Lipinski definition) is 7. The number of nitrogens with zero attached hydrogens (tertiary/aromatic N) is 2. The third kappa shape index (κ3) is 6.82. The molecule has 37 heavy (non-hydrogen) atoms. The van der Waals surface area contributed by atoms with Crippen molar-refractivity contribution in [3.63, 3.8) is 0 Å². The summed E-state index contributed by atoms with van der Waals surface area (Å²) < 4.78 is 12.1. The highest BCUT2D eigenvalue weighted by atomic mass is 32.2. The fraction of sp³-hybridized carbons (Fsp3) is 0.407. The third-order valence-corrected chi connectivity index (χ3v) is 7.35. The molecule has 2 N–H and O–H groups in total. The first-order chi connectivity index (χ1) is 18.0. The van der Waals surface area contributed by atoms with Crippen LogP contribution in [0.4, 0.5) is 5.69 Å². The summed E-state index contributed by atoms with van der Waals surface area (Å²) in [7, 11) is 3.07. The lowest BCUT2D eigenvalue weighted by atomic mass is 9.95. The summed E-state index contributed by atoms with van der Waals surface area (Å²) >= 11 is 1.15. The molecule has 0 aliphatic heterocycles. The Morgan fingerprint density at radius 2 is 1.84 bits per heavy atom. The molecule has 2 aromatic carbocycles. The van der Waals surface area contributed by atoms with Gasteiger partial charge in [0.25, 0.3) is 5.56 Å². The molecule has 0 unspecified atom stereocenters. The number of thioether (sulfide) groups is 1. The molecular formula is C27H32N4O5S. The van der Waals surface area contributed by atoms with Gasteiger partial charge >= 0.3 is 0 Å². The minimum Gasteiger partial charge on any atom is -0.497 e. The Morgan fingerprint density at radius 1 is 1.05 bits per heavy atom. The number of hydrogen-bond donors (Lipinski definition) is 2. The zero-order valence-electron chi connectivity index (χ0n) is 21.1. The van der Waals surface area contributed by atoms with Gasteiger partial charge in [0.05, 0.1) is 36.6 Å². The molecule has 1 aliphatic rings. The zero-order chi connectivity index (χ0) is 26.2. The Hall–Kier alpha value is -3.53. The molecule has 0 radical (unpaired) electrons. The largest absolute Gasteiger partial charge is 0.497 e. The van der Waals surface area contributed by atoms with E-state index >= 15 is 0 Å². The summed E-state index contributed by atoms with van der Waals surface area (Å²) in [6.45, 7) is 0.183. The van der Waals surface area contributed by atoms with E-state index in [0.717, 1.165) is 37.4 Å². The molecule has 10 heteroatoms. The molecule has 1 aliphatic carbocycles. The molecule has 1 saturated carbocycles. The van der Waals surface area contributed by atoms with Crippen LogP contribution in [0.1, 0.15) is 38.5 Å². The molecule has 1 heterocycles. The second-order valence-electron chi connectivity index (χ2n) is 8.92. The molecule has 0 spiro atoms. The van der Waals surface area contributed by atoms with Gasteiger partial charge in [0.2, 0.25) is 11.8 Å². The quantitative estimate of drug-likeness (QED) is 0.305. The summed E-state index contributed by atoms with van der Waals surface area (Å²) in [5.41, 5.74) is 0.803. The van der Waals surface area contributed by atoms with Crippen molar-refractivity contribution in [2.24, 2.45) is 0 Å². The van der Waals surface area contributed by atoms with E-state index < -0.39 is 0 Å². The van der Waals surface area contributed by atoms with E-state index in [1.807, 2.05) is 6.07 Å². The molecule has 9 nitrogen and oxygen atoms in total. The number of aromatic nitrogens is 2. The molecule has 2 amide bonds. The third-order valence-electron chi connectivity index (χ3n) is 6.37. The molecule has 0 saturated heterocycles. The first-order valence-electron chi connectivity index (χ1n) is 12.4. The van der Waals surface area contributed by atoms with Gasteiger partial charge in [-0.25, -0.2) is 4.98 Å². The molecule has 4 rings (SSSR count). The molecule has 3 aromatic rings. The second-order valence-corrected chi connectivity index (χ2v) is 9.87. The molecule has 0 atom stereocenters. The number of ether oxygens (including phenoxy) is 2. The van der Waals surface area contributed by atoms with Gasteiger partial charge < -0.3 is 20.1 Å². The first kappa shape index (κ1) is 26.5. The fourth-order valence-electron chi connectivity index (χ4n) is 4.44. The Kier molecular flexibility index (Phi) is 9.05. The average Bonchev–Trinajstić information content (AvgIpc) is 2.92. The summed E-state index contributed by atoms with van der Waals surface area (Å²) in [6.07, 6.45) is 5.63. The maximum atomic E-state index is 13.3.